The Morgan fingerprint density at radius 3 is 2.12 bits per heavy atom. The van der Waals surface area contributed by atoms with Crippen LogP contribution in [0.2, 0.25) is 5.02 Å². The maximum Gasteiger partial charge on any atom is 0.315 e. The molecule has 0 saturated carbocycles. The highest BCUT2D eigenvalue weighted by Crippen LogP contribution is 2.23. The van der Waals surface area contributed by atoms with Crippen LogP contribution in [0.25, 0.3) is 11.1 Å². The van der Waals surface area contributed by atoms with Gasteiger partial charge in [-0.2, -0.15) is 0 Å². The van der Waals surface area contributed by atoms with Crippen LogP contribution in [0.1, 0.15) is 42.9 Å². The van der Waals surface area contributed by atoms with Gasteiger partial charge in [-0.05, 0) is 41.2 Å². The molecule has 0 bridgehead atoms. The number of halogens is 1. The Morgan fingerprint density at radius 2 is 1.43 bits per heavy atom. The number of hydrogen-bond acceptors (Lipinski definition) is 4. The molecule has 1 atom stereocenters. The summed E-state index contributed by atoms with van der Waals surface area (Å²) >= 11 is 6.07. The van der Waals surface area contributed by atoms with E-state index in [0.29, 0.717) is 36.5 Å². The van der Waals surface area contributed by atoms with Gasteiger partial charge in [0.15, 0.2) is 0 Å². The second-order valence-corrected chi connectivity index (χ2v) is 9.55. The van der Waals surface area contributed by atoms with Crippen molar-refractivity contribution in [2.24, 2.45) is 0 Å². The number of hydrogen-bond donors (Lipinski definition) is 5. The molecule has 4 amide bonds. The molecule has 0 aliphatic rings. The highest BCUT2D eigenvalue weighted by atomic mass is 35.5. The zero-order chi connectivity index (χ0) is 28.7. The number of carbonyl (C=O) groups excluding carboxylic acids is 3. The molecule has 0 aliphatic carbocycles. The first-order chi connectivity index (χ1) is 19.3. The van der Waals surface area contributed by atoms with Crippen molar-refractivity contribution < 1.29 is 24.3 Å². The van der Waals surface area contributed by atoms with Gasteiger partial charge < -0.3 is 26.4 Å². The van der Waals surface area contributed by atoms with E-state index in [0.717, 1.165) is 16.7 Å². The summed E-state index contributed by atoms with van der Waals surface area (Å²) in [7, 11) is 0. The van der Waals surface area contributed by atoms with Gasteiger partial charge in [-0.3, -0.25) is 14.4 Å². The van der Waals surface area contributed by atoms with Crippen molar-refractivity contribution in [3.05, 3.63) is 95.0 Å². The Labute approximate surface area is 238 Å². The van der Waals surface area contributed by atoms with E-state index in [1.165, 1.54) is 0 Å². The zero-order valence-corrected chi connectivity index (χ0v) is 22.7. The van der Waals surface area contributed by atoms with Crippen molar-refractivity contribution in [1.29, 1.82) is 0 Å². The molecule has 9 nitrogen and oxygen atoms in total. The van der Waals surface area contributed by atoms with Gasteiger partial charge in [0.2, 0.25) is 11.8 Å². The molecule has 5 N–H and O–H groups in total. The van der Waals surface area contributed by atoms with Gasteiger partial charge in [0, 0.05) is 24.5 Å². The Morgan fingerprint density at radius 1 is 0.750 bits per heavy atom. The van der Waals surface area contributed by atoms with Crippen molar-refractivity contribution in [2.45, 2.75) is 38.3 Å². The van der Waals surface area contributed by atoms with E-state index in [2.05, 4.69) is 21.3 Å². The van der Waals surface area contributed by atoms with E-state index in [9.17, 15) is 24.3 Å². The summed E-state index contributed by atoms with van der Waals surface area (Å²) in [5.74, 6) is -1.84. The van der Waals surface area contributed by atoms with E-state index in [1.807, 2.05) is 60.7 Å². The van der Waals surface area contributed by atoms with Crippen LogP contribution in [0.4, 0.5) is 4.79 Å². The Kier molecular flexibility index (Phi) is 12.0. The number of carboxylic acid groups (broad SMARTS) is 1. The lowest BCUT2D eigenvalue weighted by Crippen LogP contribution is -2.39. The van der Waals surface area contributed by atoms with Crippen molar-refractivity contribution in [1.82, 2.24) is 21.3 Å². The molecular formula is C30H33ClN4O5. The van der Waals surface area contributed by atoms with Crippen LogP contribution < -0.4 is 21.3 Å². The number of benzene rings is 3. The van der Waals surface area contributed by atoms with Crippen molar-refractivity contribution >= 4 is 35.4 Å². The number of amides is 4. The number of carboxylic acids is 1. The van der Waals surface area contributed by atoms with Crippen molar-refractivity contribution in [2.75, 3.05) is 13.1 Å². The molecule has 0 saturated heterocycles. The SMILES string of the molecule is O=C(O)CC(NC(=O)CNC(=O)CCCCNC(=O)NCc1ccccc1Cl)c1ccc(-c2ccccc2)cc1. The van der Waals surface area contributed by atoms with Gasteiger partial charge in [0.1, 0.15) is 0 Å². The number of rotatable bonds is 14. The predicted molar refractivity (Wildman–Crippen MR) is 154 cm³/mol. The third kappa shape index (κ3) is 10.4. The fourth-order valence-corrected chi connectivity index (χ4v) is 4.17. The molecule has 1 unspecified atom stereocenters. The molecular weight excluding hydrogens is 532 g/mol. The number of unbranched alkanes of at least 4 members (excludes halogenated alkanes) is 1. The minimum absolute atomic E-state index is 0.190. The highest BCUT2D eigenvalue weighted by Gasteiger charge is 2.18. The van der Waals surface area contributed by atoms with Crippen LogP contribution in [0.3, 0.4) is 0 Å². The summed E-state index contributed by atoms with van der Waals surface area (Å²) in [5.41, 5.74) is 3.48. The first kappa shape index (κ1) is 30.2. The van der Waals surface area contributed by atoms with Gasteiger partial charge in [-0.25, -0.2) is 4.79 Å². The number of urea groups is 1. The summed E-state index contributed by atoms with van der Waals surface area (Å²) in [4.78, 5) is 47.9. The average Bonchev–Trinajstić information content (AvgIpc) is 2.95. The lowest BCUT2D eigenvalue weighted by Gasteiger charge is -2.18. The maximum atomic E-state index is 12.5. The van der Waals surface area contributed by atoms with Gasteiger partial charge in [0.25, 0.3) is 0 Å². The predicted octanol–water partition coefficient (Wildman–Crippen LogP) is 4.42. The monoisotopic (exact) mass is 564 g/mol. The van der Waals surface area contributed by atoms with Gasteiger partial charge >= 0.3 is 12.0 Å². The van der Waals surface area contributed by atoms with Crippen LogP contribution in [-0.4, -0.2) is 42.0 Å². The van der Waals surface area contributed by atoms with Gasteiger partial charge in [-0.15, -0.1) is 0 Å². The standard InChI is InChI=1S/C30H33ClN4O5/c31-25-11-5-4-10-24(25)19-34-30(40)32-17-7-6-12-27(36)33-20-28(37)35-26(18-29(38)39)23-15-13-22(14-16-23)21-8-2-1-3-9-21/h1-5,8-11,13-16,26H,6-7,12,17-20H2,(H,33,36)(H,35,37)(H,38,39)(H2,32,34,40). The summed E-state index contributed by atoms with van der Waals surface area (Å²) in [5, 5.41) is 20.6. The molecule has 10 heteroatoms. The van der Waals surface area contributed by atoms with Crippen LogP contribution in [0, 0.1) is 0 Å². The molecule has 0 aliphatic heterocycles. The molecule has 0 radical (unpaired) electrons. The van der Waals surface area contributed by atoms with Crippen LogP contribution >= 0.6 is 11.6 Å². The quantitative estimate of drug-likeness (QED) is 0.185. The number of carbonyl (C=O) groups is 4. The highest BCUT2D eigenvalue weighted by molar-refractivity contribution is 6.31. The van der Waals surface area contributed by atoms with E-state index < -0.39 is 17.9 Å². The molecule has 0 aromatic heterocycles. The summed E-state index contributed by atoms with van der Waals surface area (Å²) < 4.78 is 0. The number of nitrogens with one attached hydrogen (secondary N) is 4. The Balaban J connectivity index is 1.34. The van der Waals surface area contributed by atoms with Crippen LogP contribution in [0.15, 0.2) is 78.9 Å². The average molecular weight is 565 g/mol. The van der Waals surface area contributed by atoms with Crippen LogP contribution in [-0.2, 0) is 20.9 Å². The third-order valence-electron chi connectivity index (χ3n) is 6.09. The van der Waals surface area contributed by atoms with E-state index in [1.54, 1.807) is 18.2 Å². The maximum absolute atomic E-state index is 12.5. The Hall–Kier alpha value is -4.37. The minimum atomic E-state index is -1.05. The third-order valence-corrected chi connectivity index (χ3v) is 6.46. The molecule has 3 aromatic carbocycles. The molecule has 3 rings (SSSR count). The van der Waals surface area contributed by atoms with Gasteiger partial charge in [0.05, 0.1) is 19.0 Å². The lowest BCUT2D eigenvalue weighted by molar-refractivity contribution is -0.138. The zero-order valence-electron chi connectivity index (χ0n) is 22.0. The first-order valence-corrected chi connectivity index (χ1v) is 13.4. The molecule has 210 valence electrons. The summed E-state index contributed by atoms with van der Waals surface area (Å²) in [6.07, 6.45) is 1.01. The fourth-order valence-electron chi connectivity index (χ4n) is 3.97. The van der Waals surface area contributed by atoms with E-state index in [-0.39, 0.29) is 31.3 Å². The first-order valence-electron chi connectivity index (χ1n) is 13.0. The van der Waals surface area contributed by atoms with Crippen LogP contribution in [0.5, 0.6) is 0 Å². The molecule has 0 heterocycles. The van der Waals surface area contributed by atoms with E-state index >= 15 is 0 Å². The molecule has 3 aromatic rings. The second kappa shape index (κ2) is 15.9. The Bertz CT molecular complexity index is 1280. The van der Waals surface area contributed by atoms with Gasteiger partial charge in [-0.1, -0.05) is 84.4 Å². The molecule has 0 fully saturated rings. The van der Waals surface area contributed by atoms with Crippen molar-refractivity contribution in [3.63, 3.8) is 0 Å². The normalized spacial score (nSPS) is 11.2. The van der Waals surface area contributed by atoms with Crippen molar-refractivity contribution in [3.8, 4) is 11.1 Å². The molecule has 40 heavy (non-hydrogen) atoms. The second-order valence-electron chi connectivity index (χ2n) is 9.14. The fraction of sp³-hybridized carbons (Fsp3) is 0.267. The largest absolute Gasteiger partial charge is 0.481 e. The summed E-state index contributed by atoms with van der Waals surface area (Å²) in [6, 6.07) is 23.3. The smallest absolute Gasteiger partial charge is 0.315 e. The lowest BCUT2D eigenvalue weighted by atomic mass is 9.99. The number of aliphatic carboxylic acids is 1. The topological polar surface area (TPSA) is 137 Å². The van der Waals surface area contributed by atoms with E-state index in [4.69, 9.17) is 11.6 Å². The summed E-state index contributed by atoms with van der Waals surface area (Å²) in [6.45, 7) is 0.435. The molecule has 0 spiro atoms. The minimum Gasteiger partial charge on any atom is -0.481 e.